The smallest absolute Gasteiger partial charge is 0.346 e. The molecule has 2 heterocycles. The highest BCUT2D eigenvalue weighted by Crippen LogP contribution is 2.20. The summed E-state index contributed by atoms with van der Waals surface area (Å²) < 4.78 is 2.51. The predicted molar refractivity (Wildman–Crippen MR) is 107 cm³/mol. The Morgan fingerprint density at radius 3 is 1.56 bits per heavy atom. The molecular weight excluding hydrogens is 445 g/mol. The highest BCUT2D eigenvalue weighted by atomic mass is 127. The minimum absolute atomic E-state index is 0. The van der Waals surface area contributed by atoms with Crippen LogP contribution in [0.15, 0.2) is 60.7 Å². The average Bonchev–Trinajstić information content (AvgIpc) is 2.65. The van der Waals surface area contributed by atoms with Crippen molar-refractivity contribution in [2.24, 2.45) is 11.8 Å². The summed E-state index contributed by atoms with van der Waals surface area (Å²) in [5, 5.41) is 7.64. The number of halogens is 1. The van der Waals surface area contributed by atoms with Crippen molar-refractivity contribution in [3.8, 4) is 0 Å². The molecule has 4 rings (SSSR count). The van der Waals surface area contributed by atoms with Gasteiger partial charge >= 0.3 is 5.96 Å². The molecule has 0 saturated carbocycles. The quantitative estimate of drug-likeness (QED) is 0.484. The van der Waals surface area contributed by atoms with Crippen LogP contribution in [0.4, 0.5) is 0 Å². The standard InChI is InChI=1S/C23H29N3.HI/c1-17-15-26-16-18(2)22(14-20-11-7-4-8-12-20)25-23(26)24-21(17)13-19-9-5-3-6-10-19;/h3-12,17-18,21-22H,13-16H2,1-2H3,(H,24,25);1H/t17-,18-,21+,22+;/m0./s1. The first-order chi connectivity index (χ1) is 12.7. The summed E-state index contributed by atoms with van der Waals surface area (Å²) in [7, 11) is 0. The van der Waals surface area contributed by atoms with Gasteiger partial charge in [-0.1, -0.05) is 74.5 Å². The van der Waals surface area contributed by atoms with Crippen LogP contribution in [-0.4, -0.2) is 35.7 Å². The van der Waals surface area contributed by atoms with Gasteiger partial charge in [0.2, 0.25) is 0 Å². The zero-order valence-electron chi connectivity index (χ0n) is 16.2. The summed E-state index contributed by atoms with van der Waals surface area (Å²) in [6, 6.07) is 22.7. The first kappa shape index (κ1) is 20.2. The van der Waals surface area contributed by atoms with Crippen molar-refractivity contribution in [2.45, 2.75) is 38.8 Å². The number of hydrogen-bond donors (Lipinski definition) is 2. The minimum Gasteiger partial charge on any atom is -1.00 e. The van der Waals surface area contributed by atoms with E-state index in [1.165, 1.54) is 17.1 Å². The molecule has 27 heavy (non-hydrogen) atoms. The predicted octanol–water partition coefficient (Wildman–Crippen LogP) is 0.0601. The van der Waals surface area contributed by atoms with Gasteiger partial charge in [-0.3, -0.25) is 15.2 Å². The molecule has 0 saturated heterocycles. The molecule has 0 radical (unpaired) electrons. The zero-order valence-corrected chi connectivity index (χ0v) is 18.4. The lowest BCUT2D eigenvalue weighted by Gasteiger charge is -2.37. The third kappa shape index (κ3) is 4.84. The van der Waals surface area contributed by atoms with E-state index in [1.54, 1.807) is 0 Å². The summed E-state index contributed by atoms with van der Waals surface area (Å²) in [5.41, 5.74) is 2.83. The molecule has 2 aliphatic rings. The summed E-state index contributed by atoms with van der Waals surface area (Å²) in [6.07, 6.45) is 2.17. The topological polar surface area (TPSA) is 27.1 Å². The van der Waals surface area contributed by atoms with E-state index in [-0.39, 0.29) is 24.0 Å². The van der Waals surface area contributed by atoms with Crippen molar-refractivity contribution >= 4 is 5.96 Å². The first-order valence-corrected chi connectivity index (χ1v) is 9.92. The Labute approximate surface area is 180 Å². The van der Waals surface area contributed by atoms with Crippen molar-refractivity contribution in [2.75, 3.05) is 13.1 Å². The Kier molecular flexibility index (Phi) is 6.79. The molecule has 2 aliphatic heterocycles. The second-order valence-electron chi connectivity index (χ2n) is 8.09. The Morgan fingerprint density at radius 1 is 0.741 bits per heavy atom. The first-order valence-electron chi connectivity index (χ1n) is 9.92. The highest BCUT2D eigenvalue weighted by Gasteiger charge is 2.38. The van der Waals surface area contributed by atoms with E-state index in [0.717, 1.165) is 25.9 Å². The molecule has 0 amide bonds. The van der Waals surface area contributed by atoms with Crippen molar-refractivity contribution in [3.05, 3.63) is 71.8 Å². The van der Waals surface area contributed by atoms with Crippen LogP contribution in [0, 0.1) is 11.8 Å². The molecule has 144 valence electrons. The summed E-state index contributed by atoms with van der Waals surface area (Å²) in [4.78, 5) is 0. The molecule has 0 aliphatic carbocycles. The lowest BCUT2D eigenvalue weighted by molar-refractivity contribution is -0.556. The maximum absolute atomic E-state index is 3.82. The SMILES string of the molecule is C[C@H]1C[N+]2=C(N[C@@H]1Cc1ccccc1)N[C@H](Cc1ccccc1)[C@@H](C)C2.[I-]. The van der Waals surface area contributed by atoms with E-state index in [4.69, 9.17) is 0 Å². The average molecular weight is 475 g/mol. The van der Waals surface area contributed by atoms with Crippen LogP contribution < -0.4 is 34.6 Å². The maximum atomic E-state index is 3.82. The van der Waals surface area contributed by atoms with Crippen molar-refractivity contribution in [3.63, 3.8) is 0 Å². The van der Waals surface area contributed by atoms with E-state index < -0.39 is 0 Å². The molecular formula is C23H30IN3. The van der Waals surface area contributed by atoms with E-state index in [2.05, 4.69) is 89.7 Å². The monoisotopic (exact) mass is 475 g/mol. The van der Waals surface area contributed by atoms with Crippen LogP contribution in [0.5, 0.6) is 0 Å². The Balaban J connectivity index is 0.00000210. The molecule has 0 bridgehead atoms. The summed E-state index contributed by atoms with van der Waals surface area (Å²) in [6.45, 7) is 7.01. The molecule has 0 unspecified atom stereocenters. The van der Waals surface area contributed by atoms with Gasteiger partial charge in [0, 0.05) is 24.7 Å². The van der Waals surface area contributed by atoms with E-state index in [1.807, 2.05) is 0 Å². The van der Waals surface area contributed by atoms with Gasteiger partial charge in [-0.15, -0.1) is 0 Å². The molecule has 0 spiro atoms. The van der Waals surface area contributed by atoms with Gasteiger partial charge in [0.25, 0.3) is 0 Å². The van der Waals surface area contributed by atoms with Gasteiger partial charge in [-0.05, 0) is 11.1 Å². The van der Waals surface area contributed by atoms with E-state index >= 15 is 0 Å². The lowest BCUT2D eigenvalue weighted by Crippen LogP contribution is -3.00. The van der Waals surface area contributed by atoms with Gasteiger partial charge < -0.3 is 24.0 Å². The van der Waals surface area contributed by atoms with Gasteiger partial charge in [-0.2, -0.15) is 0 Å². The minimum atomic E-state index is 0. The van der Waals surface area contributed by atoms with E-state index in [0.29, 0.717) is 23.9 Å². The number of nitrogens with one attached hydrogen (secondary N) is 2. The lowest BCUT2D eigenvalue weighted by atomic mass is 9.90. The van der Waals surface area contributed by atoms with Crippen LogP contribution in [0.1, 0.15) is 25.0 Å². The molecule has 4 heteroatoms. The van der Waals surface area contributed by atoms with Crippen molar-refractivity contribution in [1.29, 1.82) is 0 Å². The molecule has 0 fully saturated rings. The third-order valence-corrected chi connectivity index (χ3v) is 5.95. The van der Waals surface area contributed by atoms with Crippen LogP contribution in [0.25, 0.3) is 0 Å². The number of rotatable bonds is 4. The van der Waals surface area contributed by atoms with E-state index in [9.17, 15) is 0 Å². The fraction of sp³-hybridized carbons (Fsp3) is 0.435. The molecule has 2 aromatic rings. The fourth-order valence-corrected chi connectivity index (χ4v) is 4.31. The number of benzene rings is 2. The molecule has 2 N–H and O–H groups in total. The molecule has 4 atom stereocenters. The fourth-order valence-electron chi connectivity index (χ4n) is 4.31. The van der Waals surface area contributed by atoms with Crippen LogP contribution in [0.3, 0.4) is 0 Å². The Morgan fingerprint density at radius 2 is 1.15 bits per heavy atom. The Hall–Kier alpha value is -1.56. The number of nitrogens with zero attached hydrogens (tertiary/aromatic N) is 1. The van der Waals surface area contributed by atoms with Crippen LogP contribution in [-0.2, 0) is 12.8 Å². The normalized spacial score (nSPS) is 27.0. The molecule has 0 aromatic heterocycles. The highest BCUT2D eigenvalue weighted by molar-refractivity contribution is 5.76. The van der Waals surface area contributed by atoms with Crippen LogP contribution in [0.2, 0.25) is 0 Å². The number of hydrogen-bond acceptors (Lipinski definition) is 2. The second-order valence-corrected chi connectivity index (χ2v) is 8.09. The summed E-state index contributed by atoms with van der Waals surface area (Å²) in [5.74, 6) is 2.51. The maximum Gasteiger partial charge on any atom is 0.346 e. The van der Waals surface area contributed by atoms with Crippen molar-refractivity contribution in [1.82, 2.24) is 10.6 Å². The largest absolute Gasteiger partial charge is 1.00 e. The second kappa shape index (κ2) is 9.09. The van der Waals surface area contributed by atoms with Gasteiger partial charge in [0.15, 0.2) is 0 Å². The molecule has 3 nitrogen and oxygen atoms in total. The third-order valence-electron chi connectivity index (χ3n) is 5.95. The van der Waals surface area contributed by atoms with Crippen LogP contribution >= 0.6 is 0 Å². The van der Waals surface area contributed by atoms with Gasteiger partial charge in [-0.25, -0.2) is 0 Å². The van der Waals surface area contributed by atoms with Gasteiger partial charge in [0.1, 0.15) is 0 Å². The van der Waals surface area contributed by atoms with Gasteiger partial charge in [0.05, 0.1) is 25.2 Å². The van der Waals surface area contributed by atoms with Crippen molar-refractivity contribution < 1.29 is 28.6 Å². The molecule has 2 aromatic carbocycles. The zero-order chi connectivity index (χ0) is 17.9. The Bertz CT molecular complexity index is 696. The number of guanidine groups is 1. The summed E-state index contributed by atoms with van der Waals surface area (Å²) >= 11 is 0.